The molecule has 4 nitrogen and oxygen atoms in total. The Bertz CT molecular complexity index is 471. The molecule has 0 atom stereocenters. The summed E-state index contributed by atoms with van der Waals surface area (Å²) in [7, 11) is 1.57. The van der Waals surface area contributed by atoms with E-state index in [4.69, 9.17) is 4.74 Å². The minimum atomic E-state index is -0.225. The van der Waals surface area contributed by atoms with Crippen LogP contribution in [0.25, 0.3) is 0 Å². The molecule has 17 heavy (non-hydrogen) atoms. The van der Waals surface area contributed by atoms with Gasteiger partial charge in [-0.05, 0) is 26.0 Å². The molecule has 0 aliphatic heterocycles. The fraction of sp³-hybridized carbons (Fsp3) is 0.231. The number of aliphatic imine (C=N–C) groups is 1. The summed E-state index contributed by atoms with van der Waals surface area (Å²) in [4.78, 5) is 15.3. The molecule has 0 fully saturated rings. The van der Waals surface area contributed by atoms with Gasteiger partial charge >= 0.3 is 0 Å². The van der Waals surface area contributed by atoms with Gasteiger partial charge in [0, 0.05) is 12.3 Å². The van der Waals surface area contributed by atoms with Crippen molar-refractivity contribution < 1.29 is 14.6 Å². The second-order valence-corrected chi connectivity index (χ2v) is 3.51. The van der Waals surface area contributed by atoms with E-state index in [1.807, 2.05) is 0 Å². The summed E-state index contributed by atoms with van der Waals surface area (Å²) in [5, 5.41) is 9.30. The van der Waals surface area contributed by atoms with E-state index in [2.05, 4.69) is 4.99 Å². The van der Waals surface area contributed by atoms with E-state index >= 15 is 0 Å². The van der Waals surface area contributed by atoms with Crippen LogP contribution in [0.2, 0.25) is 0 Å². The Kier molecular flexibility index (Phi) is 4.46. The molecule has 0 spiro atoms. The summed E-state index contributed by atoms with van der Waals surface area (Å²) in [5.74, 6) is 0.425. The fourth-order valence-corrected chi connectivity index (χ4v) is 1.27. The van der Waals surface area contributed by atoms with Gasteiger partial charge in [0.15, 0.2) is 5.78 Å². The van der Waals surface area contributed by atoms with Crippen molar-refractivity contribution in [2.24, 2.45) is 4.99 Å². The number of carbonyl (C=O) groups is 1. The molecule has 1 aromatic rings. The molecule has 0 bridgehead atoms. The Morgan fingerprint density at radius 3 is 2.65 bits per heavy atom. The van der Waals surface area contributed by atoms with Gasteiger partial charge < -0.3 is 9.84 Å². The van der Waals surface area contributed by atoms with Crippen LogP contribution in [0.4, 0.5) is 5.69 Å². The molecule has 0 aromatic heterocycles. The van der Waals surface area contributed by atoms with Gasteiger partial charge in [0.25, 0.3) is 0 Å². The van der Waals surface area contributed by atoms with Crippen molar-refractivity contribution >= 4 is 17.7 Å². The summed E-state index contributed by atoms with van der Waals surface area (Å²) in [6.07, 6.45) is 1.35. The van der Waals surface area contributed by atoms with Crippen LogP contribution < -0.4 is 4.74 Å². The molecule has 0 unspecified atom stereocenters. The highest BCUT2D eigenvalue weighted by Gasteiger charge is 2.04. The van der Waals surface area contributed by atoms with Crippen LogP contribution in [0.5, 0.6) is 5.75 Å². The van der Waals surface area contributed by atoms with Crippen molar-refractivity contribution in [2.75, 3.05) is 7.11 Å². The van der Waals surface area contributed by atoms with Crippen molar-refractivity contribution in [1.82, 2.24) is 0 Å². The van der Waals surface area contributed by atoms with E-state index in [1.165, 1.54) is 20.1 Å². The van der Waals surface area contributed by atoms with Gasteiger partial charge in [-0.1, -0.05) is 6.07 Å². The average Bonchev–Trinajstić information content (AvgIpc) is 2.28. The first-order valence-electron chi connectivity index (χ1n) is 5.13. The number of aliphatic hydroxyl groups excluding tert-OH is 1. The Hall–Kier alpha value is -2.10. The highest BCUT2D eigenvalue weighted by molar-refractivity contribution is 6.12. The maximum Gasteiger partial charge on any atom is 0.164 e. The number of carbonyl (C=O) groups excluding carboxylic acids is 1. The first-order valence-corrected chi connectivity index (χ1v) is 5.13. The third-order valence-electron chi connectivity index (χ3n) is 2.17. The summed E-state index contributed by atoms with van der Waals surface area (Å²) in [5.41, 5.74) is 0.858. The highest BCUT2D eigenvalue weighted by Crippen LogP contribution is 2.19. The summed E-state index contributed by atoms with van der Waals surface area (Å²) < 4.78 is 5.05. The lowest BCUT2D eigenvalue weighted by Crippen LogP contribution is -2.01. The smallest absolute Gasteiger partial charge is 0.164 e. The van der Waals surface area contributed by atoms with Crippen LogP contribution in [0.1, 0.15) is 13.8 Å². The largest absolute Gasteiger partial charge is 0.512 e. The highest BCUT2D eigenvalue weighted by atomic mass is 16.5. The topological polar surface area (TPSA) is 58.9 Å². The standard InChI is InChI=1S/C13H15NO3/c1-9(15)13(10(2)16)8-14-11-5-4-6-12(7-11)17-3/h4-8,15H,1-3H3/b13-9-,14-8?. The van der Waals surface area contributed by atoms with Crippen LogP contribution in [0.15, 0.2) is 40.6 Å². The molecule has 1 N–H and O–H groups in total. The predicted molar refractivity (Wildman–Crippen MR) is 67.2 cm³/mol. The number of Topliss-reactive ketones (excluding diaryl/α,β-unsaturated/α-hetero) is 1. The normalized spacial score (nSPS) is 12.4. The molecule has 0 saturated heterocycles. The summed E-state index contributed by atoms with van der Waals surface area (Å²) >= 11 is 0. The van der Waals surface area contributed by atoms with Gasteiger partial charge in [-0.15, -0.1) is 0 Å². The number of ketones is 1. The minimum Gasteiger partial charge on any atom is -0.512 e. The van der Waals surface area contributed by atoms with Gasteiger partial charge in [-0.25, -0.2) is 0 Å². The Morgan fingerprint density at radius 1 is 1.41 bits per heavy atom. The molecule has 0 amide bonds. The van der Waals surface area contributed by atoms with E-state index in [0.717, 1.165) is 0 Å². The zero-order valence-corrected chi connectivity index (χ0v) is 10.1. The Labute approximate surface area is 100 Å². The van der Waals surface area contributed by atoms with Crippen LogP contribution in [0.3, 0.4) is 0 Å². The first kappa shape index (κ1) is 13.0. The molecule has 0 radical (unpaired) electrons. The number of benzene rings is 1. The number of ether oxygens (including phenoxy) is 1. The lowest BCUT2D eigenvalue weighted by atomic mass is 10.2. The molecule has 90 valence electrons. The summed E-state index contributed by atoms with van der Waals surface area (Å²) in [6.45, 7) is 2.83. The molecule has 1 rings (SSSR count). The quantitative estimate of drug-likeness (QED) is 0.494. The molecule has 0 heterocycles. The van der Waals surface area contributed by atoms with E-state index in [1.54, 1.807) is 31.4 Å². The molecular formula is C13H15NO3. The van der Waals surface area contributed by atoms with Crippen LogP contribution in [-0.2, 0) is 4.79 Å². The molecule has 4 heteroatoms. The van der Waals surface area contributed by atoms with Crippen molar-refractivity contribution in [3.05, 3.63) is 35.6 Å². The lowest BCUT2D eigenvalue weighted by Gasteiger charge is -2.00. The Balaban J connectivity index is 2.97. The van der Waals surface area contributed by atoms with Gasteiger partial charge in [-0.3, -0.25) is 9.79 Å². The lowest BCUT2D eigenvalue weighted by molar-refractivity contribution is -0.113. The maximum absolute atomic E-state index is 11.2. The third kappa shape index (κ3) is 3.75. The van der Waals surface area contributed by atoms with Crippen LogP contribution in [-0.4, -0.2) is 24.2 Å². The van der Waals surface area contributed by atoms with Crippen LogP contribution in [0, 0.1) is 0 Å². The predicted octanol–water partition coefficient (Wildman–Crippen LogP) is 2.82. The van der Waals surface area contributed by atoms with Gasteiger partial charge in [-0.2, -0.15) is 0 Å². The molecule has 0 aliphatic carbocycles. The van der Waals surface area contributed by atoms with Crippen molar-refractivity contribution in [1.29, 1.82) is 0 Å². The average molecular weight is 233 g/mol. The third-order valence-corrected chi connectivity index (χ3v) is 2.17. The molecule has 0 saturated carbocycles. The van der Waals surface area contributed by atoms with Crippen molar-refractivity contribution in [2.45, 2.75) is 13.8 Å². The number of rotatable bonds is 4. The van der Waals surface area contributed by atoms with Gasteiger partial charge in [0.2, 0.25) is 0 Å². The summed E-state index contributed by atoms with van der Waals surface area (Å²) in [6, 6.07) is 7.12. The van der Waals surface area contributed by atoms with Gasteiger partial charge in [0.05, 0.1) is 18.4 Å². The van der Waals surface area contributed by atoms with E-state index < -0.39 is 0 Å². The van der Waals surface area contributed by atoms with Crippen molar-refractivity contribution in [3.8, 4) is 5.75 Å². The second kappa shape index (κ2) is 5.84. The molecule has 0 aliphatic rings. The maximum atomic E-state index is 11.2. The van der Waals surface area contributed by atoms with E-state index in [9.17, 15) is 9.90 Å². The zero-order chi connectivity index (χ0) is 12.8. The molecular weight excluding hydrogens is 218 g/mol. The number of aliphatic hydroxyl groups is 1. The van der Waals surface area contributed by atoms with Crippen molar-refractivity contribution in [3.63, 3.8) is 0 Å². The minimum absolute atomic E-state index is 0.0378. The van der Waals surface area contributed by atoms with Crippen LogP contribution >= 0.6 is 0 Å². The number of hydrogen-bond donors (Lipinski definition) is 1. The second-order valence-electron chi connectivity index (χ2n) is 3.51. The Morgan fingerprint density at radius 2 is 2.12 bits per heavy atom. The zero-order valence-electron chi connectivity index (χ0n) is 10.1. The number of nitrogens with zero attached hydrogens (tertiary/aromatic N) is 1. The monoisotopic (exact) mass is 233 g/mol. The number of hydrogen-bond acceptors (Lipinski definition) is 4. The number of methoxy groups -OCH3 is 1. The SMILES string of the molecule is COc1cccc(N=C/C(C(C)=O)=C(\C)O)c1. The fourth-order valence-electron chi connectivity index (χ4n) is 1.27. The number of allylic oxidation sites excluding steroid dienone is 2. The van der Waals surface area contributed by atoms with Gasteiger partial charge in [0.1, 0.15) is 11.5 Å². The first-order chi connectivity index (χ1) is 8.04. The van der Waals surface area contributed by atoms with E-state index in [-0.39, 0.29) is 17.1 Å². The van der Waals surface area contributed by atoms with E-state index in [0.29, 0.717) is 11.4 Å². The molecule has 1 aromatic carbocycles.